The predicted molar refractivity (Wildman–Crippen MR) is 63.8 cm³/mol. The minimum atomic E-state index is -0.405. The third-order valence-corrected chi connectivity index (χ3v) is 3.19. The van der Waals surface area contributed by atoms with Gasteiger partial charge in [0.15, 0.2) is 10.7 Å². The van der Waals surface area contributed by atoms with Crippen LogP contribution in [0.4, 0.5) is 5.69 Å². The molecule has 84 valence electrons. The molecule has 1 aromatic heterocycles. The molecule has 0 amide bonds. The van der Waals surface area contributed by atoms with Crippen molar-refractivity contribution in [2.45, 2.75) is 18.5 Å². The Morgan fingerprint density at radius 1 is 1.56 bits per heavy atom. The van der Waals surface area contributed by atoms with Gasteiger partial charge < -0.3 is 4.98 Å². The highest BCUT2D eigenvalue weighted by molar-refractivity contribution is 7.99. The number of para-hydroxylation sites is 1. The summed E-state index contributed by atoms with van der Waals surface area (Å²) in [6, 6.07) is 4.93. The van der Waals surface area contributed by atoms with Crippen LogP contribution in [0.15, 0.2) is 23.4 Å². The number of benzene rings is 1. The monoisotopic (exact) mass is 237 g/mol. The van der Waals surface area contributed by atoms with Crippen LogP contribution in [-0.2, 0) is 0 Å². The quantitative estimate of drug-likeness (QED) is 0.504. The Morgan fingerprint density at radius 2 is 2.38 bits per heavy atom. The van der Waals surface area contributed by atoms with Gasteiger partial charge in [-0.05, 0) is 12.5 Å². The third-order valence-electron chi connectivity index (χ3n) is 2.11. The fourth-order valence-corrected chi connectivity index (χ4v) is 2.14. The van der Waals surface area contributed by atoms with Crippen LogP contribution in [0.25, 0.3) is 11.0 Å². The standard InChI is InChI=1S/C10H11N3O2S/c1-2-6-16-10-11-7-4-3-5-8(13(14)15)9(7)12-10/h3-5H,2,6H2,1H3,(H,11,12). The Morgan fingerprint density at radius 3 is 3.06 bits per heavy atom. The minimum absolute atomic E-state index is 0.0529. The molecule has 0 aliphatic carbocycles. The van der Waals surface area contributed by atoms with Gasteiger partial charge in [-0.3, -0.25) is 10.1 Å². The molecule has 0 spiro atoms. The molecule has 1 aromatic carbocycles. The van der Waals surface area contributed by atoms with Gasteiger partial charge in [0.25, 0.3) is 5.69 Å². The molecule has 0 aliphatic heterocycles. The lowest BCUT2D eigenvalue weighted by atomic mass is 10.3. The van der Waals surface area contributed by atoms with Gasteiger partial charge in [-0.15, -0.1) is 0 Å². The number of hydrogen-bond donors (Lipinski definition) is 1. The van der Waals surface area contributed by atoms with Crippen molar-refractivity contribution in [3.63, 3.8) is 0 Å². The summed E-state index contributed by atoms with van der Waals surface area (Å²) in [6.45, 7) is 2.08. The molecular formula is C10H11N3O2S. The van der Waals surface area contributed by atoms with Gasteiger partial charge in [0.1, 0.15) is 0 Å². The molecule has 6 heteroatoms. The molecule has 0 saturated carbocycles. The van der Waals surface area contributed by atoms with E-state index >= 15 is 0 Å². The molecule has 1 heterocycles. The lowest BCUT2D eigenvalue weighted by Gasteiger charge is -1.90. The summed E-state index contributed by atoms with van der Waals surface area (Å²) in [5, 5.41) is 11.5. The molecule has 1 N–H and O–H groups in total. The topological polar surface area (TPSA) is 71.8 Å². The van der Waals surface area contributed by atoms with E-state index < -0.39 is 4.92 Å². The SMILES string of the molecule is CCCSc1nc2c([N+](=O)[O-])cccc2[nH]1. The summed E-state index contributed by atoms with van der Waals surface area (Å²) in [5.41, 5.74) is 1.20. The van der Waals surface area contributed by atoms with Crippen LogP contribution in [0.1, 0.15) is 13.3 Å². The van der Waals surface area contributed by atoms with E-state index in [-0.39, 0.29) is 5.69 Å². The number of aromatic amines is 1. The molecular weight excluding hydrogens is 226 g/mol. The van der Waals surface area contributed by atoms with Crippen LogP contribution in [-0.4, -0.2) is 20.6 Å². The average Bonchev–Trinajstić information content (AvgIpc) is 2.68. The average molecular weight is 237 g/mol. The number of rotatable bonds is 4. The summed E-state index contributed by atoms with van der Waals surface area (Å²) in [7, 11) is 0. The van der Waals surface area contributed by atoms with Crippen molar-refractivity contribution in [2.24, 2.45) is 0 Å². The summed E-state index contributed by atoms with van der Waals surface area (Å²) in [6.07, 6.45) is 1.05. The van der Waals surface area contributed by atoms with Gasteiger partial charge >= 0.3 is 0 Å². The number of nitro benzene ring substituents is 1. The third kappa shape index (κ3) is 2.01. The molecule has 0 atom stereocenters. The van der Waals surface area contributed by atoms with Crippen molar-refractivity contribution in [3.05, 3.63) is 28.3 Å². The zero-order valence-corrected chi connectivity index (χ0v) is 9.58. The minimum Gasteiger partial charge on any atom is -0.333 e. The first-order valence-electron chi connectivity index (χ1n) is 4.98. The molecule has 5 nitrogen and oxygen atoms in total. The fraction of sp³-hybridized carbons (Fsp3) is 0.300. The maximum atomic E-state index is 10.8. The number of nitrogens with one attached hydrogen (secondary N) is 1. The second-order valence-electron chi connectivity index (χ2n) is 3.32. The van der Waals surface area contributed by atoms with Gasteiger partial charge in [0.2, 0.25) is 0 Å². The van der Waals surface area contributed by atoms with Gasteiger partial charge in [0, 0.05) is 11.8 Å². The van der Waals surface area contributed by atoms with Gasteiger partial charge in [-0.1, -0.05) is 24.8 Å². The van der Waals surface area contributed by atoms with Crippen LogP contribution in [0, 0.1) is 10.1 Å². The Bertz CT molecular complexity index is 524. The molecule has 0 bridgehead atoms. The second kappa shape index (κ2) is 4.52. The summed E-state index contributed by atoms with van der Waals surface area (Å²) in [4.78, 5) is 17.7. The summed E-state index contributed by atoms with van der Waals surface area (Å²) < 4.78 is 0. The maximum Gasteiger partial charge on any atom is 0.297 e. The Hall–Kier alpha value is -1.56. The van der Waals surface area contributed by atoms with Crippen LogP contribution < -0.4 is 0 Å². The Kier molecular flexibility index (Phi) is 3.09. The zero-order valence-electron chi connectivity index (χ0n) is 8.77. The molecule has 0 radical (unpaired) electrons. The van der Waals surface area contributed by atoms with Gasteiger partial charge in [0.05, 0.1) is 10.4 Å². The highest BCUT2D eigenvalue weighted by Crippen LogP contribution is 2.26. The van der Waals surface area contributed by atoms with E-state index in [9.17, 15) is 10.1 Å². The van der Waals surface area contributed by atoms with E-state index in [0.29, 0.717) is 11.0 Å². The fourth-order valence-electron chi connectivity index (χ4n) is 1.41. The van der Waals surface area contributed by atoms with Crippen molar-refractivity contribution in [1.29, 1.82) is 0 Å². The Labute approximate surface area is 96.4 Å². The number of thioether (sulfide) groups is 1. The van der Waals surface area contributed by atoms with Gasteiger partial charge in [-0.2, -0.15) is 0 Å². The zero-order chi connectivity index (χ0) is 11.5. The van der Waals surface area contributed by atoms with Gasteiger partial charge in [-0.25, -0.2) is 4.98 Å². The molecule has 0 unspecified atom stereocenters. The van der Waals surface area contributed by atoms with E-state index in [0.717, 1.165) is 17.3 Å². The number of nitro groups is 1. The van der Waals surface area contributed by atoms with E-state index in [1.165, 1.54) is 6.07 Å². The molecule has 16 heavy (non-hydrogen) atoms. The number of fused-ring (bicyclic) bond motifs is 1. The van der Waals surface area contributed by atoms with Crippen LogP contribution in [0.2, 0.25) is 0 Å². The lowest BCUT2D eigenvalue weighted by Crippen LogP contribution is -1.88. The maximum absolute atomic E-state index is 10.8. The van der Waals surface area contributed by atoms with E-state index in [1.807, 2.05) is 0 Å². The summed E-state index contributed by atoms with van der Waals surface area (Å²) >= 11 is 1.58. The number of nitrogens with zero attached hydrogens (tertiary/aromatic N) is 2. The molecule has 0 aliphatic rings. The number of non-ortho nitro benzene ring substituents is 1. The second-order valence-corrected chi connectivity index (χ2v) is 4.40. The first kappa shape index (κ1) is 10.9. The van der Waals surface area contributed by atoms with E-state index in [1.54, 1.807) is 23.9 Å². The smallest absolute Gasteiger partial charge is 0.297 e. The van der Waals surface area contributed by atoms with Crippen molar-refractivity contribution in [1.82, 2.24) is 9.97 Å². The molecule has 2 aromatic rings. The van der Waals surface area contributed by atoms with Crippen molar-refractivity contribution in [3.8, 4) is 0 Å². The van der Waals surface area contributed by atoms with E-state index in [4.69, 9.17) is 0 Å². The highest BCUT2D eigenvalue weighted by atomic mass is 32.2. The normalized spacial score (nSPS) is 10.8. The van der Waals surface area contributed by atoms with Crippen molar-refractivity contribution >= 4 is 28.5 Å². The molecule has 0 saturated heterocycles. The number of H-pyrrole nitrogens is 1. The van der Waals surface area contributed by atoms with E-state index in [2.05, 4.69) is 16.9 Å². The van der Waals surface area contributed by atoms with Crippen LogP contribution >= 0.6 is 11.8 Å². The molecule has 2 rings (SSSR count). The van der Waals surface area contributed by atoms with Crippen molar-refractivity contribution < 1.29 is 4.92 Å². The van der Waals surface area contributed by atoms with Crippen LogP contribution in [0.5, 0.6) is 0 Å². The highest BCUT2D eigenvalue weighted by Gasteiger charge is 2.15. The van der Waals surface area contributed by atoms with Crippen LogP contribution in [0.3, 0.4) is 0 Å². The number of aromatic nitrogens is 2. The summed E-state index contributed by atoms with van der Waals surface area (Å²) in [5.74, 6) is 0.952. The van der Waals surface area contributed by atoms with Crippen molar-refractivity contribution in [2.75, 3.05) is 5.75 Å². The lowest BCUT2D eigenvalue weighted by molar-refractivity contribution is -0.383. The number of hydrogen-bond acceptors (Lipinski definition) is 4. The number of imidazole rings is 1. The first-order chi connectivity index (χ1) is 7.72. The molecule has 0 fully saturated rings. The predicted octanol–water partition coefficient (Wildman–Crippen LogP) is 2.97. The largest absolute Gasteiger partial charge is 0.333 e. The Balaban J connectivity index is 2.44. The first-order valence-corrected chi connectivity index (χ1v) is 5.97.